The SMILES string of the molecule is CCC(CC)C(=O)N1CCN(CCC(N)=S)CC1. The van der Waals surface area contributed by atoms with Crippen molar-refractivity contribution in [2.75, 3.05) is 32.7 Å². The Morgan fingerprint density at radius 2 is 1.78 bits per heavy atom. The van der Waals surface area contributed by atoms with Crippen LogP contribution >= 0.6 is 12.2 Å². The van der Waals surface area contributed by atoms with E-state index < -0.39 is 0 Å². The predicted octanol–water partition coefficient (Wildman–Crippen LogP) is 1.24. The minimum absolute atomic E-state index is 0.202. The fourth-order valence-electron chi connectivity index (χ4n) is 2.36. The lowest BCUT2D eigenvalue weighted by molar-refractivity contribution is -0.137. The highest BCUT2D eigenvalue weighted by Crippen LogP contribution is 2.14. The zero-order valence-corrected chi connectivity index (χ0v) is 12.3. The fourth-order valence-corrected chi connectivity index (χ4v) is 2.45. The van der Waals surface area contributed by atoms with Gasteiger partial charge in [0.1, 0.15) is 0 Å². The van der Waals surface area contributed by atoms with Crippen LogP contribution < -0.4 is 5.73 Å². The highest BCUT2D eigenvalue weighted by atomic mass is 32.1. The number of rotatable bonds is 6. The normalized spacial score (nSPS) is 17.2. The van der Waals surface area contributed by atoms with Crippen LogP contribution in [0.25, 0.3) is 0 Å². The highest BCUT2D eigenvalue weighted by molar-refractivity contribution is 7.80. The maximum absolute atomic E-state index is 12.2. The van der Waals surface area contributed by atoms with E-state index in [9.17, 15) is 4.79 Å². The maximum Gasteiger partial charge on any atom is 0.225 e. The molecule has 104 valence electrons. The first-order valence-electron chi connectivity index (χ1n) is 6.87. The molecule has 1 rings (SSSR count). The summed E-state index contributed by atoms with van der Waals surface area (Å²) in [6, 6.07) is 0. The molecule has 0 spiro atoms. The Morgan fingerprint density at radius 3 is 2.22 bits per heavy atom. The number of hydrogen-bond acceptors (Lipinski definition) is 3. The Hall–Kier alpha value is -0.680. The second kappa shape index (κ2) is 7.69. The molecule has 0 unspecified atom stereocenters. The first-order chi connectivity index (χ1) is 8.58. The van der Waals surface area contributed by atoms with Gasteiger partial charge in [-0.25, -0.2) is 0 Å². The summed E-state index contributed by atoms with van der Waals surface area (Å²) in [6.45, 7) is 8.65. The van der Waals surface area contributed by atoms with Gasteiger partial charge in [0, 0.05) is 45.1 Å². The molecule has 1 amide bonds. The third kappa shape index (κ3) is 4.53. The van der Waals surface area contributed by atoms with Gasteiger partial charge in [0.05, 0.1) is 4.99 Å². The van der Waals surface area contributed by atoms with Crippen LogP contribution in [0.2, 0.25) is 0 Å². The van der Waals surface area contributed by atoms with Crippen molar-refractivity contribution >= 4 is 23.1 Å². The molecule has 0 saturated carbocycles. The summed E-state index contributed by atoms with van der Waals surface area (Å²) < 4.78 is 0. The van der Waals surface area contributed by atoms with Crippen molar-refractivity contribution < 1.29 is 4.79 Å². The molecule has 18 heavy (non-hydrogen) atoms. The quantitative estimate of drug-likeness (QED) is 0.739. The standard InChI is InChI=1S/C13H25N3OS/c1-3-11(4-2)13(17)16-9-7-15(8-10-16)6-5-12(14)18/h11H,3-10H2,1-2H3,(H2,14,18). The molecule has 0 aromatic rings. The molecule has 2 N–H and O–H groups in total. The predicted molar refractivity (Wildman–Crippen MR) is 78.5 cm³/mol. The van der Waals surface area contributed by atoms with Gasteiger partial charge in [-0.05, 0) is 12.8 Å². The van der Waals surface area contributed by atoms with Crippen LogP contribution in [0.1, 0.15) is 33.1 Å². The number of thiocarbonyl (C=S) groups is 1. The topological polar surface area (TPSA) is 49.6 Å². The minimum atomic E-state index is 0.202. The average Bonchev–Trinajstić information content (AvgIpc) is 2.38. The molecule has 0 aromatic heterocycles. The molecule has 5 heteroatoms. The Bertz CT molecular complexity index is 284. The zero-order valence-electron chi connectivity index (χ0n) is 11.5. The minimum Gasteiger partial charge on any atom is -0.393 e. The van der Waals surface area contributed by atoms with Crippen molar-refractivity contribution in [1.29, 1.82) is 0 Å². The number of hydrogen-bond donors (Lipinski definition) is 1. The molecular formula is C13H25N3OS. The van der Waals surface area contributed by atoms with Crippen molar-refractivity contribution in [2.24, 2.45) is 11.7 Å². The number of nitrogens with zero attached hydrogens (tertiary/aromatic N) is 2. The molecule has 1 aliphatic heterocycles. The molecule has 1 heterocycles. The zero-order chi connectivity index (χ0) is 13.5. The second-order valence-electron chi connectivity index (χ2n) is 4.90. The first-order valence-corrected chi connectivity index (χ1v) is 7.28. The molecular weight excluding hydrogens is 246 g/mol. The van der Waals surface area contributed by atoms with Crippen molar-refractivity contribution in [3.63, 3.8) is 0 Å². The number of amides is 1. The van der Waals surface area contributed by atoms with Gasteiger partial charge in [-0.15, -0.1) is 0 Å². The smallest absolute Gasteiger partial charge is 0.225 e. The van der Waals surface area contributed by atoms with Gasteiger partial charge in [-0.2, -0.15) is 0 Å². The monoisotopic (exact) mass is 271 g/mol. The van der Waals surface area contributed by atoms with E-state index in [1.807, 2.05) is 4.90 Å². The molecule has 1 aliphatic rings. The van der Waals surface area contributed by atoms with Crippen LogP contribution in [0.15, 0.2) is 0 Å². The lowest BCUT2D eigenvalue weighted by atomic mass is 10.0. The van der Waals surface area contributed by atoms with Crippen LogP contribution in [0.4, 0.5) is 0 Å². The second-order valence-corrected chi connectivity index (χ2v) is 5.42. The number of carbonyl (C=O) groups excluding carboxylic acids is 1. The van der Waals surface area contributed by atoms with Crippen LogP contribution in [0, 0.1) is 5.92 Å². The van der Waals surface area contributed by atoms with Gasteiger partial charge in [0.2, 0.25) is 5.91 Å². The molecule has 1 saturated heterocycles. The summed E-state index contributed by atoms with van der Waals surface area (Å²) in [5, 5.41) is 0. The molecule has 0 atom stereocenters. The summed E-state index contributed by atoms with van der Waals surface area (Å²) in [4.78, 5) is 17.1. The van der Waals surface area contributed by atoms with E-state index in [2.05, 4.69) is 18.7 Å². The summed E-state index contributed by atoms with van der Waals surface area (Å²) >= 11 is 4.88. The first kappa shape index (κ1) is 15.4. The molecule has 0 bridgehead atoms. The third-order valence-corrected chi connectivity index (χ3v) is 3.90. The van der Waals surface area contributed by atoms with Crippen LogP contribution in [0.3, 0.4) is 0 Å². The van der Waals surface area contributed by atoms with E-state index in [-0.39, 0.29) is 5.92 Å². The van der Waals surface area contributed by atoms with E-state index in [0.717, 1.165) is 52.0 Å². The molecule has 0 radical (unpaired) electrons. The van der Waals surface area contributed by atoms with Gasteiger partial charge in [-0.1, -0.05) is 26.1 Å². The third-order valence-electron chi connectivity index (χ3n) is 3.69. The van der Waals surface area contributed by atoms with Gasteiger partial charge in [0.15, 0.2) is 0 Å². The van der Waals surface area contributed by atoms with Crippen molar-refractivity contribution in [3.8, 4) is 0 Å². The Kier molecular flexibility index (Phi) is 6.57. The van der Waals surface area contributed by atoms with Crippen molar-refractivity contribution in [1.82, 2.24) is 9.80 Å². The van der Waals surface area contributed by atoms with Crippen molar-refractivity contribution in [3.05, 3.63) is 0 Å². The lowest BCUT2D eigenvalue weighted by Crippen LogP contribution is -2.50. The van der Waals surface area contributed by atoms with Gasteiger partial charge >= 0.3 is 0 Å². The molecule has 0 aliphatic carbocycles. The van der Waals surface area contributed by atoms with E-state index in [4.69, 9.17) is 18.0 Å². The van der Waals surface area contributed by atoms with Crippen LogP contribution in [0.5, 0.6) is 0 Å². The number of piperazine rings is 1. The highest BCUT2D eigenvalue weighted by Gasteiger charge is 2.25. The maximum atomic E-state index is 12.2. The number of carbonyl (C=O) groups is 1. The van der Waals surface area contributed by atoms with Crippen molar-refractivity contribution in [2.45, 2.75) is 33.1 Å². The fraction of sp³-hybridized carbons (Fsp3) is 0.846. The Morgan fingerprint density at radius 1 is 1.22 bits per heavy atom. The Balaban J connectivity index is 2.34. The van der Waals surface area contributed by atoms with E-state index >= 15 is 0 Å². The van der Waals surface area contributed by atoms with Crippen LogP contribution in [-0.2, 0) is 4.79 Å². The van der Waals surface area contributed by atoms with E-state index in [0.29, 0.717) is 10.9 Å². The molecule has 0 aromatic carbocycles. The van der Waals surface area contributed by atoms with E-state index in [1.54, 1.807) is 0 Å². The largest absolute Gasteiger partial charge is 0.393 e. The molecule has 4 nitrogen and oxygen atoms in total. The summed E-state index contributed by atoms with van der Waals surface area (Å²) in [7, 11) is 0. The van der Waals surface area contributed by atoms with Crippen LogP contribution in [-0.4, -0.2) is 53.4 Å². The Labute approximate surface area is 115 Å². The van der Waals surface area contributed by atoms with Gasteiger partial charge < -0.3 is 10.6 Å². The lowest BCUT2D eigenvalue weighted by Gasteiger charge is -2.36. The number of nitrogens with two attached hydrogens (primary N) is 1. The summed E-state index contributed by atoms with van der Waals surface area (Å²) in [5.41, 5.74) is 5.50. The summed E-state index contributed by atoms with van der Waals surface area (Å²) in [5.74, 6) is 0.530. The van der Waals surface area contributed by atoms with E-state index in [1.165, 1.54) is 0 Å². The average molecular weight is 271 g/mol. The molecule has 1 fully saturated rings. The van der Waals surface area contributed by atoms with Gasteiger partial charge in [-0.3, -0.25) is 9.69 Å². The summed E-state index contributed by atoms with van der Waals surface area (Å²) in [6.07, 6.45) is 2.66. The van der Waals surface area contributed by atoms with Gasteiger partial charge in [0.25, 0.3) is 0 Å².